The molecule has 0 bridgehead atoms. The summed E-state index contributed by atoms with van der Waals surface area (Å²) in [5.41, 5.74) is 2.36. The summed E-state index contributed by atoms with van der Waals surface area (Å²) in [6.07, 6.45) is 3.25. The molecule has 64 valence electrons. The smallest absolute Gasteiger partial charge is 0.0381 e. The molecule has 0 unspecified atom stereocenters. The van der Waals surface area contributed by atoms with Crippen LogP contribution in [0.5, 0.6) is 0 Å². The fraction of sp³-hybridized carbons (Fsp3) is 0.273. The Labute approximate surface area is 74.1 Å². The molecule has 0 aliphatic rings. The Morgan fingerprint density at radius 3 is 2.58 bits per heavy atom. The molecule has 0 saturated heterocycles. The maximum Gasteiger partial charge on any atom is 0.0381 e. The first-order chi connectivity index (χ1) is 5.83. The molecule has 1 aromatic carbocycles. The molecule has 0 aromatic heterocycles. The Morgan fingerprint density at radius 1 is 1.33 bits per heavy atom. The van der Waals surface area contributed by atoms with Gasteiger partial charge in [0.25, 0.3) is 0 Å². The molecule has 12 heavy (non-hydrogen) atoms. The van der Waals surface area contributed by atoms with Gasteiger partial charge in [0.15, 0.2) is 0 Å². The number of para-hydroxylation sites is 1. The van der Waals surface area contributed by atoms with E-state index < -0.39 is 0 Å². The molecule has 0 amide bonds. The summed E-state index contributed by atoms with van der Waals surface area (Å²) < 4.78 is 0. The molecule has 0 radical (unpaired) electrons. The van der Waals surface area contributed by atoms with Gasteiger partial charge in [-0.2, -0.15) is 0 Å². The number of rotatable bonds is 3. The van der Waals surface area contributed by atoms with Gasteiger partial charge in [0.1, 0.15) is 0 Å². The van der Waals surface area contributed by atoms with Gasteiger partial charge in [-0.25, -0.2) is 0 Å². The number of hydrogen-bond donors (Lipinski definition) is 1. The maximum absolute atomic E-state index is 3.30. The monoisotopic (exact) mass is 161 g/mol. The first kappa shape index (κ1) is 8.85. The van der Waals surface area contributed by atoms with E-state index in [1.807, 2.05) is 18.2 Å². The SMILES string of the molecule is CC/C=C(\C)Nc1ccccc1. The summed E-state index contributed by atoms with van der Waals surface area (Å²) in [5.74, 6) is 0. The molecule has 0 atom stereocenters. The van der Waals surface area contributed by atoms with Crippen LogP contribution in [0.3, 0.4) is 0 Å². The zero-order valence-corrected chi connectivity index (χ0v) is 7.67. The molecule has 0 aliphatic carbocycles. The molecular weight excluding hydrogens is 146 g/mol. The lowest BCUT2D eigenvalue weighted by Gasteiger charge is -2.04. The van der Waals surface area contributed by atoms with Crippen molar-refractivity contribution in [2.75, 3.05) is 5.32 Å². The third-order valence-electron chi connectivity index (χ3n) is 1.63. The predicted octanol–water partition coefficient (Wildman–Crippen LogP) is 3.41. The average Bonchev–Trinajstić information content (AvgIpc) is 2.06. The second-order valence-electron chi connectivity index (χ2n) is 2.79. The van der Waals surface area contributed by atoms with E-state index in [0.29, 0.717) is 0 Å². The molecule has 1 aromatic rings. The van der Waals surface area contributed by atoms with Crippen molar-refractivity contribution in [3.63, 3.8) is 0 Å². The quantitative estimate of drug-likeness (QED) is 0.716. The minimum atomic E-state index is 1.08. The first-order valence-electron chi connectivity index (χ1n) is 4.31. The Kier molecular flexibility index (Phi) is 3.39. The predicted molar refractivity (Wildman–Crippen MR) is 54.1 cm³/mol. The average molecular weight is 161 g/mol. The molecule has 0 saturated carbocycles. The van der Waals surface area contributed by atoms with Crippen LogP contribution >= 0.6 is 0 Å². The van der Waals surface area contributed by atoms with Crippen molar-refractivity contribution in [3.05, 3.63) is 42.1 Å². The fourth-order valence-electron chi connectivity index (χ4n) is 1.11. The van der Waals surface area contributed by atoms with E-state index in [9.17, 15) is 0 Å². The van der Waals surface area contributed by atoms with Gasteiger partial charge in [-0.15, -0.1) is 0 Å². The van der Waals surface area contributed by atoms with Gasteiger partial charge >= 0.3 is 0 Å². The van der Waals surface area contributed by atoms with Crippen molar-refractivity contribution in [1.82, 2.24) is 0 Å². The Morgan fingerprint density at radius 2 is 2.00 bits per heavy atom. The van der Waals surface area contributed by atoms with Crippen LogP contribution in [-0.4, -0.2) is 0 Å². The van der Waals surface area contributed by atoms with Crippen LogP contribution < -0.4 is 5.32 Å². The van der Waals surface area contributed by atoms with E-state index in [-0.39, 0.29) is 0 Å². The molecular formula is C11H15N. The van der Waals surface area contributed by atoms with Gasteiger partial charge in [0.2, 0.25) is 0 Å². The van der Waals surface area contributed by atoms with Gasteiger partial charge in [0, 0.05) is 11.4 Å². The number of anilines is 1. The Hall–Kier alpha value is -1.24. The fourth-order valence-corrected chi connectivity index (χ4v) is 1.11. The second kappa shape index (κ2) is 4.60. The zero-order chi connectivity index (χ0) is 8.81. The lowest BCUT2D eigenvalue weighted by Crippen LogP contribution is -1.94. The lowest BCUT2D eigenvalue weighted by molar-refractivity contribution is 1.18. The van der Waals surface area contributed by atoms with Crippen LogP contribution in [0.15, 0.2) is 42.1 Å². The van der Waals surface area contributed by atoms with Gasteiger partial charge in [0.05, 0.1) is 0 Å². The van der Waals surface area contributed by atoms with E-state index in [0.717, 1.165) is 12.1 Å². The van der Waals surface area contributed by atoms with Crippen molar-refractivity contribution in [3.8, 4) is 0 Å². The number of nitrogens with one attached hydrogen (secondary N) is 1. The molecule has 0 heterocycles. The summed E-state index contributed by atoms with van der Waals surface area (Å²) in [6, 6.07) is 10.2. The summed E-state index contributed by atoms with van der Waals surface area (Å²) in [4.78, 5) is 0. The molecule has 1 N–H and O–H groups in total. The largest absolute Gasteiger partial charge is 0.359 e. The van der Waals surface area contributed by atoms with Gasteiger partial charge < -0.3 is 5.32 Å². The van der Waals surface area contributed by atoms with Crippen LogP contribution in [0, 0.1) is 0 Å². The minimum Gasteiger partial charge on any atom is -0.359 e. The van der Waals surface area contributed by atoms with Crippen molar-refractivity contribution >= 4 is 5.69 Å². The maximum atomic E-state index is 3.30. The van der Waals surface area contributed by atoms with Crippen molar-refractivity contribution in [2.45, 2.75) is 20.3 Å². The van der Waals surface area contributed by atoms with Gasteiger partial charge in [-0.1, -0.05) is 31.2 Å². The molecule has 0 fully saturated rings. The number of benzene rings is 1. The third-order valence-corrected chi connectivity index (χ3v) is 1.63. The highest BCUT2D eigenvalue weighted by Gasteiger charge is 1.88. The molecule has 1 nitrogen and oxygen atoms in total. The van der Waals surface area contributed by atoms with E-state index in [1.54, 1.807) is 0 Å². The van der Waals surface area contributed by atoms with Gasteiger partial charge in [-0.05, 0) is 25.5 Å². The van der Waals surface area contributed by atoms with E-state index >= 15 is 0 Å². The van der Waals surface area contributed by atoms with Crippen LogP contribution in [0.4, 0.5) is 5.69 Å². The summed E-state index contributed by atoms with van der Waals surface area (Å²) in [5, 5.41) is 3.30. The van der Waals surface area contributed by atoms with E-state index in [4.69, 9.17) is 0 Å². The number of allylic oxidation sites excluding steroid dienone is 2. The van der Waals surface area contributed by atoms with Crippen LogP contribution in [0.2, 0.25) is 0 Å². The summed E-state index contributed by atoms with van der Waals surface area (Å²) in [7, 11) is 0. The highest BCUT2D eigenvalue weighted by Crippen LogP contribution is 2.08. The Bertz CT molecular complexity index is 249. The van der Waals surface area contributed by atoms with Crippen LogP contribution in [-0.2, 0) is 0 Å². The molecule has 1 rings (SSSR count). The summed E-state index contributed by atoms with van der Waals surface area (Å²) in [6.45, 7) is 4.21. The normalized spacial score (nSPS) is 11.3. The Balaban J connectivity index is 2.58. The highest BCUT2D eigenvalue weighted by molar-refractivity contribution is 5.47. The standard InChI is InChI=1S/C11H15N/c1-3-7-10(2)12-11-8-5-4-6-9-11/h4-9,12H,3H2,1-2H3/b10-7+. The van der Waals surface area contributed by atoms with Crippen molar-refractivity contribution in [1.29, 1.82) is 0 Å². The molecule has 0 aliphatic heterocycles. The van der Waals surface area contributed by atoms with Crippen molar-refractivity contribution in [2.24, 2.45) is 0 Å². The zero-order valence-electron chi connectivity index (χ0n) is 7.67. The van der Waals surface area contributed by atoms with Gasteiger partial charge in [-0.3, -0.25) is 0 Å². The van der Waals surface area contributed by atoms with Crippen LogP contribution in [0.25, 0.3) is 0 Å². The lowest BCUT2D eigenvalue weighted by atomic mass is 10.3. The topological polar surface area (TPSA) is 12.0 Å². The molecule has 1 heteroatoms. The van der Waals surface area contributed by atoms with Crippen LogP contribution in [0.1, 0.15) is 20.3 Å². The molecule has 0 spiro atoms. The van der Waals surface area contributed by atoms with E-state index in [1.165, 1.54) is 5.70 Å². The van der Waals surface area contributed by atoms with E-state index in [2.05, 4.69) is 37.4 Å². The number of hydrogen-bond acceptors (Lipinski definition) is 1. The van der Waals surface area contributed by atoms with Crippen molar-refractivity contribution < 1.29 is 0 Å². The first-order valence-corrected chi connectivity index (χ1v) is 4.31. The second-order valence-corrected chi connectivity index (χ2v) is 2.79. The summed E-state index contributed by atoms with van der Waals surface area (Å²) >= 11 is 0. The minimum absolute atomic E-state index is 1.08. The third kappa shape index (κ3) is 2.79. The highest BCUT2D eigenvalue weighted by atomic mass is 14.9.